The molecular formula is C20H23N3O2. The fourth-order valence-electron chi connectivity index (χ4n) is 4.17. The first-order valence-corrected chi connectivity index (χ1v) is 8.80. The minimum atomic E-state index is -0.0478. The van der Waals surface area contributed by atoms with Crippen molar-refractivity contribution in [3.8, 4) is 5.75 Å². The molecule has 2 bridgehead atoms. The number of rotatable bonds is 4. The number of pyridine rings is 1. The van der Waals surface area contributed by atoms with Crippen molar-refractivity contribution in [1.29, 1.82) is 0 Å². The zero-order chi connectivity index (χ0) is 17.4. The number of benzene rings is 1. The quantitative estimate of drug-likeness (QED) is 0.872. The number of nitrogens with one attached hydrogen (secondary N) is 1. The molecule has 2 unspecified atom stereocenters. The average Bonchev–Trinajstić information content (AvgIpc) is 2.67. The Morgan fingerprint density at radius 3 is 3.04 bits per heavy atom. The molecule has 3 aliphatic heterocycles. The van der Waals surface area contributed by atoms with Crippen LogP contribution in [0.4, 0.5) is 0 Å². The van der Waals surface area contributed by atoms with Gasteiger partial charge in [0, 0.05) is 24.7 Å². The molecule has 3 aliphatic rings. The Balaban J connectivity index is 1.58. The monoisotopic (exact) mass is 337 g/mol. The van der Waals surface area contributed by atoms with Crippen LogP contribution in [-0.4, -0.2) is 42.2 Å². The zero-order valence-corrected chi connectivity index (χ0v) is 14.4. The third kappa shape index (κ3) is 2.89. The lowest BCUT2D eigenvalue weighted by Gasteiger charge is -2.49. The maximum atomic E-state index is 12.9. The Morgan fingerprint density at radius 1 is 1.44 bits per heavy atom. The molecule has 0 aliphatic carbocycles. The lowest BCUT2D eigenvalue weighted by molar-refractivity contribution is 0.00470. The molecule has 0 spiro atoms. The van der Waals surface area contributed by atoms with E-state index in [2.05, 4.69) is 27.9 Å². The van der Waals surface area contributed by atoms with Crippen molar-refractivity contribution in [3.63, 3.8) is 0 Å². The van der Waals surface area contributed by atoms with Gasteiger partial charge in [0.25, 0.3) is 5.91 Å². The summed E-state index contributed by atoms with van der Waals surface area (Å²) in [4.78, 5) is 19.6. The molecule has 0 saturated carbocycles. The van der Waals surface area contributed by atoms with Gasteiger partial charge in [-0.1, -0.05) is 6.08 Å². The minimum absolute atomic E-state index is 0.0478. The molecule has 25 heavy (non-hydrogen) atoms. The van der Waals surface area contributed by atoms with Crippen LogP contribution in [0.25, 0.3) is 10.9 Å². The third-order valence-electron chi connectivity index (χ3n) is 5.60. The first-order chi connectivity index (χ1) is 12.2. The van der Waals surface area contributed by atoms with E-state index in [-0.39, 0.29) is 12.1 Å². The highest BCUT2D eigenvalue weighted by Crippen LogP contribution is 2.36. The van der Waals surface area contributed by atoms with Gasteiger partial charge in [-0.25, -0.2) is 0 Å². The van der Waals surface area contributed by atoms with E-state index in [1.54, 1.807) is 19.4 Å². The Kier molecular flexibility index (Phi) is 4.17. The summed E-state index contributed by atoms with van der Waals surface area (Å²) in [5.41, 5.74) is 1.44. The van der Waals surface area contributed by atoms with Crippen LogP contribution in [0.5, 0.6) is 5.75 Å². The first-order valence-electron chi connectivity index (χ1n) is 8.80. The first kappa shape index (κ1) is 16.1. The van der Waals surface area contributed by atoms with Gasteiger partial charge in [0.15, 0.2) is 0 Å². The molecule has 1 aromatic heterocycles. The number of hydrogen-bond donors (Lipinski definition) is 1. The summed E-state index contributed by atoms with van der Waals surface area (Å²) in [5.74, 6) is 1.85. The summed E-state index contributed by atoms with van der Waals surface area (Å²) in [7, 11) is 1.62. The van der Waals surface area contributed by atoms with E-state index in [4.69, 9.17) is 4.74 Å². The van der Waals surface area contributed by atoms with Crippen LogP contribution in [0.2, 0.25) is 0 Å². The Morgan fingerprint density at radius 2 is 2.32 bits per heavy atom. The predicted octanol–water partition coefficient (Wildman–Crippen LogP) is 2.83. The van der Waals surface area contributed by atoms with E-state index >= 15 is 0 Å². The smallest absolute Gasteiger partial charge is 0.253 e. The SMILES string of the molecule is C=C[C@H]1CN2CC[C@H]1CC2NC(=O)c1ccnc2ccc(OC)cc12. The molecule has 5 heteroatoms. The highest BCUT2D eigenvalue weighted by Gasteiger charge is 2.39. The number of carbonyl (C=O) groups is 1. The molecule has 2 aromatic rings. The second-order valence-corrected chi connectivity index (χ2v) is 6.91. The van der Waals surface area contributed by atoms with E-state index in [1.807, 2.05) is 18.2 Å². The largest absolute Gasteiger partial charge is 0.497 e. The van der Waals surface area contributed by atoms with Gasteiger partial charge in [0.05, 0.1) is 24.4 Å². The van der Waals surface area contributed by atoms with E-state index in [0.29, 0.717) is 17.4 Å². The van der Waals surface area contributed by atoms with Crippen molar-refractivity contribution in [2.45, 2.75) is 19.0 Å². The number of aromatic nitrogens is 1. The molecule has 5 rings (SSSR count). The lowest BCUT2D eigenvalue weighted by Crippen LogP contribution is -2.59. The summed E-state index contributed by atoms with van der Waals surface area (Å²) >= 11 is 0. The van der Waals surface area contributed by atoms with Gasteiger partial charge >= 0.3 is 0 Å². The van der Waals surface area contributed by atoms with Crippen LogP contribution in [0.15, 0.2) is 43.1 Å². The minimum Gasteiger partial charge on any atom is -0.497 e. The summed E-state index contributed by atoms with van der Waals surface area (Å²) in [6.45, 7) is 5.99. The highest BCUT2D eigenvalue weighted by molar-refractivity contribution is 6.06. The van der Waals surface area contributed by atoms with Gasteiger partial charge in [0.2, 0.25) is 0 Å². The van der Waals surface area contributed by atoms with Gasteiger partial charge in [-0.3, -0.25) is 14.7 Å². The molecule has 1 N–H and O–H groups in total. The molecule has 0 radical (unpaired) electrons. The standard InChI is InChI=1S/C20H23N3O2/c1-3-13-12-23-9-7-14(13)10-19(23)22-20(24)16-6-8-21-18-5-4-15(25-2)11-17(16)18/h3-6,8,11,13-14,19H,1,7,9-10,12H2,2H3,(H,22,24)/t13-,14-,19?/m0/s1. The van der Waals surface area contributed by atoms with Crippen molar-refractivity contribution < 1.29 is 9.53 Å². The number of amides is 1. The number of fused-ring (bicyclic) bond motifs is 4. The Hall–Kier alpha value is -2.40. The molecule has 1 amide bonds. The molecule has 4 heterocycles. The molecule has 5 nitrogen and oxygen atoms in total. The van der Waals surface area contributed by atoms with Crippen LogP contribution in [-0.2, 0) is 0 Å². The van der Waals surface area contributed by atoms with Gasteiger partial charge in [0.1, 0.15) is 5.75 Å². The van der Waals surface area contributed by atoms with Gasteiger partial charge in [-0.15, -0.1) is 6.58 Å². The van der Waals surface area contributed by atoms with Gasteiger partial charge in [-0.05, 0) is 48.9 Å². The second-order valence-electron chi connectivity index (χ2n) is 6.91. The molecule has 130 valence electrons. The van der Waals surface area contributed by atoms with Crippen LogP contribution >= 0.6 is 0 Å². The molecule has 4 atom stereocenters. The maximum Gasteiger partial charge on any atom is 0.253 e. The number of hydrogen-bond acceptors (Lipinski definition) is 4. The van der Waals surface area contributed by atoms with Crippen LogP contribution < -0.4 is 10.1 Å². The zero-order valence-electron chi connectivity index (χ0n) is 14.4. The molecular weight excluding hydrogens is 314 g/mol. The predicted molar refractivity (Wildman–Crippen MR) is 97.5 cm³/mol. The summed E-state index contributed by atoms with van der Waals surface area (Å²) in [5, 5.41) is 4.04. The number of ether oxygens (including phenoxy) is 1. The fraction of sp³-hybridized carbons (Fsp3) is 0.400. The van der Waals surface area contributed by atoms with Gasteiger partial charge in [-0.2, -0.15) is 0 Å². The van der Waals surface area contributed by atoms with Crippen LogP contribution in [0.1, 0.15) is 23.2 Å². The normalized spacial score (nSPS) is 27.9. The summed E-state index contributed by atoms with van der Waals surface area (Å²) < 4.78 is 5.29. The van der Waals surface area contributed by atoms with Crippen molar-refractivity contribution in [2.75, 3.05) is 20.2 Å². The lowest BCUT2D eigenvalue weighted by atomic mass is 9.77. The topological polar surface area (TPSA) is 54.5 Å². The van der Waals surface area contributed by atoms with E-state index < -0.39 is 0 Å². The van der Waals surface area contributed by atoms with E-state index in [1.165, 1.54) is 6.42 Å². The fourth-order valence-corrected chi connectivity index (χ4v) is 4.17. The number of carbonyl (C=O) groups excluding carboxylic acids is 1. The van der Waals surface area contributed by atoms with E-state index in [9.17, 15) is 4.79 Å². The van der Waals surface area contributed by atoms with Crippen molar-refractivity contribution in [2.24, 2.45) is 11.8 Å². The number of methoxy groups -OCH3 is 1. The van der Waals surface area contributed by atoms with Gasteiger partial charge < -0.3 is 10.1 Å². The summed E-state index contributed by atoms with van der Waals surface area (Å²) in [6.07, 6.45) is 6.05. The number of piperidine rings is 3. The van der Waals surface area contributed by atoms with Crippen molar-refractivity contribution in [3.05, 3.63) is 48.7 Å². The Labute approximate surface area is 147 Å². The maximum absolute atomic E-state index is 12.9. The van der Waals surface area contributed by atoms with Crippen LogP contribution in [0.3, 0.4) is 0 Å². The summed E-state index contributed by atoms with van der Waals surface area (Å²) in [6, 6.07) is 7.39. The van der Waals surface area contributed by atoms with Crippen molar-refractivity contribution >= 4 is 16.8 Å². The highest BCUT2D eigenvalue weighted by atomic mass is 16.5. The van der Waals surface area contributed by atoms with E-state index in [0.717, 1.165) is 36.2 Å². The Bertz CT molecular complexity index is 820. The average molecular weight is 337 g/mol. The van der Waals surface area contributed by atoms with Crippen LogP contribution in [0, 0.1) is 11.8 Å². The van der Waals surface area contributed by atoms with Crippen molar-refractivity contribution in [1.82, 2.24) is 15.2 Å². The molecule has 3 fully saturated rings. The number of nitrogens with zero attached hydrogens (tertiary/aromatic N) is 2. The molecule has 1 aromatic carbocycles. The second kappa shape index (κ2) is 6.48. The molecule has 3 saturated heterocycles. The third-order valence-corrected chi connectivity index (χ3v) is 5.60.